The zero-order chi connectivity index (χ0) is 18.0. The van der Waals surface area contributed by atoms with Crippen LogP contribution in [0.15, 0.2) is 18.2 Å². The van der Waals surface area contributed by atoms with Crippen molar-refractivity contribution in [1.82, 2.24) is 9.88 Å². The van der Waals surface area contributed by atoms with E-state index in [1.165, 1.54) is 11.0 Å². The Kier molecular flexibility index (Phi) is 5.18. The van der Waals surface area contributed by atoms with Crippen molar-refractivity contribution in [3.8, 4) is 5.75 Å². The molecular weight excluding hydrogens is 330 g/mol. The van der Waals surface area contributed by atoms with Crippen LogP contribution in [-0.4, -0.2) is 32.9 Å². The lowest BCUT2D eigenvalue weighted by molar-refractivity contribution is -0.385. The smallest absolute Gasteiger partial charge is 0.311 e. The molecule has 7 nitrogen and oxygen atoms in total. The Labute approximate surface area is 143 Å². The molecule has 0 spiro atoms. The summed E-state index contributed by atoms with van der Waals surface area (Å²) in [6, 6.07) is 3.43. The summed E-state index contributed by atoms with van der Waals surface area (Å²) in [4.78, 5) is 29.8. The topological polar surface area (TPSA) is 96.6 Å². The molecule has 1 aromatic heterocycles. The lowest BCUT2D eigenvalue weighted by Crippen LogP contribution is -2.29. The number of hydrogen-bond donors (Lipinski definition) is 1. The molecular formula is C16H19N3O4S. The van der Waals surface area contributed by atoms with Crippen LogP contribution in [0.2, 0.25) is 0 Å². The number of carbonyl (C=O) groups is 1. The molecule has 0 aliphatic carbocycles. The maximum Gasteiger partial charge on any atom is 0.311 e. The van der Waals surface area contributed by atoms with Crippen LogP contribution in [0.5, 0.6) is 5.75 Å². The maximum absolute atomic E-state index is 12.6. The van der Waals surface area contributed by atoms with E-state index in [2.05, 4.69) is 4.98 Å². The third-order valence-corrected chi connectivity index (χ3v) is 5.35. The van der Waals surface area contributed by atoms with Gasteiger partial charge in [-0.05, 0) is 32.4 Å². The van der Waals surface area contributed by atoms with Crippen LogP contribution in [0.25, 0.3) is 0 Å². The fraction of sp³-hybridized carbons (Fsp3) is 0.375. The van der Waals surface area contributed by atoms with E-state index in [-0.39, 0.29) is 17.5 Å². The van der Waals surface area contributed by atoms with E-state index in [4.69, 9.17) is 0 Å². The minimum atomic E-state index is -0.712. The molecule has 0 aliphatic heterocycles. The van der Waals surface area contributed by atoms with E-state index in [1.54, 1.807) is 18.4 Å². The number of benzene rings is 1. The van der Waals surface area contributed by atoms with Crippen LogP contribution in [0.3, 0.4) is 0 Å². The van der Waals surface area contributed by atoms with Crippen molar-refractivity contribution in [2.75, 3.05) is 7.05 Å². The van der Waals surface area contributed by atoms with Gasteiger partial charge in [0, 0.05) is 23.6 Å². The SMILES string of the molecule is CCc1nc(C)c([C@H](C)N(C)C(=O)c2ccc(O)c([N+](=O)[O-])c2)s1. The number of phenolic OH excluding ortho intramolecular Hbond substituents is 1. The summed E-state index contributed by atoms with van der Waals surface area (Å²) in [6.07, 6.45) is 0.833. The first kappa shape index (κ1) is 17.9. The highest BCUT2D eigenvalue weighted by Crippen LogP contribution is 2.31. The van der Waals surface area contributed by atoms with Crippen molar-refractivity contribution < 1.29 is 14.8 Å². The average Bonchev–Trinajstić information content (AvgIpc) is 2.94. The first-order valence-electron chi connectivity index (χ1n) is 7.47. The predicted octanol–water partition coefficient (Wildman–Crippen LogP) is 3.46. The zero-order valence-corrected chi connectivity index (χ0v) is 14.8. The number of thiazole rings is 1. The molecule has 0 saturated heterocycles. The Morgan fingerprint density at radius 1 is 1.50 bits per heavy atom. The highest BCUT2D eigenvalue weighted by atomic mass is 32.1. The van der Waals surface area contributed by atoms with Crippen molar-refractivity contribution >= 4 is 22.9 Å². The number of aromatic hydroxyl groups is 1. The van der Waals surface area contributed by atoms with E-state index in [9.17, 15) is 20.0 Å². The van der Waals surface area contributed by atoms with Gasteiger partial charge in [0.05, 0.1) is 21.7 Å². The molecule has 1 heterocycles. The number of rotatable bonds is 5. The Morgan fingerprint density at radius 3 is 2.71 bits per heavy atom. The van der Waals surface area contributed by atoms with Gasteiger partial charge in [0.15, 0.2) is 5.75 Å². The number of nitro benzene ring substituents is 1. The van der Waals surface area contributed by atoms with Crippen LogP contribution >= 0.6 is 11.3 Å². The van der Waals surface area contributed by atoms with Crippen LogP contribution in [0.1, 0.15) is 45.8 Å². The number of nitrogens with zero attached hydrogens (tertiary/aromatic N) is 3. The van der Waals surface area contributed by atoms with Crippen LogP contribution < -0.4 is 0 Å². The van der Waals surface area contributed by atoms with Crippen LogP contribution in [-0.2, 0) is 6.42 Å². The standard InChI is InChI=1S/C16H19N3O4S/c1-5-14-17-9(2)15(24-14)10(3)18(4)16(21)11-6-7-13(20)12(8-11)19(22)23/h6-8,10,20H,5H2,1-4H3/t10-/m0/s1. The van der Waals surface area contributed by atoms with E-state index >= 15 is 0 Å². The molecule has 1 N–H and O–H groups in total. The molecule has 2 aromatic rings. The van der Waals surface area contributed by atoms with Crippen molar-refractivity contribution in [2.24, 2.45) is 0 Å². The summed E-state index contributed by atoms with van der Waals surface area (Å²) in [5, 5.41) is 21.4. The van der Waals surface area contributed by atoms with Gasteiger partial charge in [-0.3, -0.25) is 14.9 Å². The lowest BCUT2D eigenvalue weighted by atomic mass is 10.1. The van der Waals surface area contributed by atoms with Crippen molar-refractivity contribution in [2.45, 2.75) is 33.2 Å². The number of hydrogen-bond acceptors (Lipinski definition) is 6. The van der Waals surface area contributed by atoms with Gasteiger partial charge in [0.1, 0.15) is 0 Å². The summed E-state index contributed by atoms with van der Waals surface area (Å²) in [7, 11) is 1.65. The summed E-state index contributed by atoms with van der Waals surface area (Å²) >= 11 is 1.57. The molecule has 24 heavy (non-hydrogen) atoms. The molecule has 0 bridgehead atoms. The molecule has 128 valence electrons. The van der Waals surface area contributed by atoms with Gasteiger partial charge >= 0.3 is 5.69 Å². The second-order valence-electron chi connectivity index (χ2n) is 5.46. The number of nitro groups is 1. The number of carbonyl (C=O) groups excluding carboxylic acids is 1. The third kappa shape index (κ3) is 3.38. The average molecular weight is 349 g/mol. The third-order valence-electron chi connectivity index (χ3n) is 3.88. The molecule has 1 amide bonds. The van der Waals surface area contributed by atoms with Crippen molar-refractivity contribution in [1.29, 1.82) is 0 Å². The molecule has 8 heteroatoms. The first-order chi connectivity index (χ1) is 11.3. The molecule has 0 radical (unpaired) electrons. The highest BCUT2D eigenvalue weighted by molar-refractivity contribution is 7.11. The van der Waals surface area contributed by atoms with E-state index in [0.29, 0.717) is 0 Å². The minimum Gasteiger partial charge on any atom is -0.502 e. The summed E-state index contributed by atoms with van der Waals surface area (Å²) in [6.45, 7) is 5.83. The molecule has 2 rings (SSSR count). The predicted molar refractivity (Wildman–Crippen MR) is 91.5 cm³/mol. The van der Waals surface area contributed by atoms with Gasteiger partial charge < -0.3 is 10.0 Å². The van der Waals surface area contributed by atoms with Crippen LogP contribution in [0, 0.1) is 17.0 Å². The number of aryl methyl sites for hydroxylation is 2. The van der Waals surface area contributed by atoms with Crippen LogP contribution in [0.4, 0.5) is 5.69 Å². The van der Waals surface area contributed by atoms with Crippen molar-refractivity contribution in [3.05, 3.63) is 49.5 Å². The van der Waals surface area contributed by atoms with Gasteiger partial charge in [0.25, 0.3) is 5.91 Å². The lowest BCUT2D eigenvalue weighted by Gasteiger charge is -2.24. The van der Waals surface area contributed by atoms with Gasteiger partial charge in [-0.2, -0.15) is 0 Å². The second kappa shape index (κ2) is 6.96. The molecule has 1 aromatic carbocycles. The second-order valence-corrected chi connectivity index (χ2v) is 6.58. The largest absolute Gasteiger partial charge is 0.502 e. The fourth-order valence-electron chi connectivity index (χ4n) is 2.36. The molecule has 1 atom stereocenters. The monoisotopic (exact) mass is 349 g/mol. The van der Waals surface area contributed by atoms with Gasteiger partial charge in [0.2, 0.25) is 0 Å². The Morgan fingerprint density at radius 2 is 2.17 bits per heavy atom. The minimum absolute atomic E-state index is 0.159. The van der Waals surface area contributed by atoms with E-state index in [0.717, 1.165) is 34.1 Å². The highest BCUT2D eigenvalue weighted by Gasteiger charge is 2.25. The van der Waals surface area contributed by atoms with Gasteiger partial charge in [-0.25, -0.2) is 4.98 Å². The van der Waals surface area contributed by atoms with E-state index < -0.39 is 16.4 Å². The van der Waals surface area contributed by atoms with E-state index in [1.807, 2.05) is 20.8 Å². The number of phenols is 1. The molecule has 0 unspecified atom stereocenters. The molecule has 0 saturated carbocycles. The molecule has 0 fully saturated rings. The zero-order valence-electron chi connectivity index (χ0n) is 13.9. The van der Waals surface area contributed by atoms with Gasteiger partial charge in [-0.1, -0.05) is 6.92 Å². The van der Waals surface area contributed by atoms with Gasteiger partial charge in [-0.15, -0.1) is 11.3 Å². The summed E-state index contributed by atoms with van der Waals surface area (Å²) in [5.74, 6) is -0.811. The first-order valence-corrected chi connectivity index (χ1v) is 8.28. The Bertz CT molecular complexity index is 788. The molecule has 0 aliphatic rings. The fourth-order valence-corrected chi connectivity index (χ4v) is 3.47. The normalized spacial score (nSPS) is 12.0. The Balaban J connectivity index is 2.30. The maximum atomic E-state index is 12.6. The van der Waals surface area contributed by atoms with Crippen molar-refractivity contribution in [3.63, 3.8) is 0 Å². The number of aromatic nitrogens is 1. The summed E-state index contributed by atoms with van der Waals surface area (Å²) < 4.78 is 0. The summed E-state index contributed by atoms with van der Waals surface area (Å²) in [5.41, 5.74) is 0.566. The Hall–Kier alpha value is -2.48. The quantitative estimate of drug-likeness (QED) is 0.658. The number of amides is 1.